The molecular formula is C48H67N7O12S. The van der Waals surface area contributed by atoms with E-state index in [4.69, 9.17) is 4.74 Å². The number of nitrogens with one attached hydrogen (secondary N) is 5. The van der Waals surface area contributed by atoms with Crippen LogP contribution in [0.25, 0.3) is 0 Å². The second kappa shape index (κ2) is 25.8. The van der Waals surface area contributed by atoms with Gasteiger partial charge in [-0.3, -0.25) is 37.8 Å². The fraction of sp³-hybridized carbons (Fsp3) is 0.542. The molecule has 68 heavy (non-hydrogen) atoms. The van der Waals surface area contributed by atoms with Gasteiger partial charge < -0.3 is 51.3 Å². The highest BCUT2D eigenvalue weighted by Crippen LogP contribution is 2.25. The number of aliphatic hydroxyl groups excluding tert-OH is 1. The van der Waals surface area contributed by atoms with E-state index in [-0.39, 0.29) is 55.7 Å². The molecule has 2 aromatic carbocycles. The number of fused-ring (bicyclic) bond motifs is 2. The van der Waals surface area contributed by atoms with Crippen LogP contribution in [0.2, 0.25) is 0 Å². The number of benzene rings is 2. The molecule has 9 atom stereocenters. The highest BCUT2D eigenvalue weighted by molar-refractivity contribution is 7.84. The third kappa shape index (κ3) is 15.2. The number of likely N-dealkylation sites (N-methyl/N-ethyl adjacent to an activating group) is 1. The molecule has 19 nitrogen and oxygen atoms in total. The summed E-state index contributed by atoms with van der Waals surface area (Å²) in [5.74, 6) is -7.37. The largest absolute Gasteiger partial charge is 0.508 e. The average molecular weight is 966 g/mol. The molecular weight excluding hydrogens is 899 g/mol. The second-order valence-corrected chi connectivity index (χ2v) is 19.1. The number of cyclic esters (lactones) is 1. The summed E-state index contributed by atoms with van der Waals surface area (Å²) in [7, 11) is -0.00865. The van der Waals surface area contributed by atoms with Gasteiger partial charge in [-0.15, -0.1) is 0 Å². The van der Waals surface area contributed by atoms with Crippen molar-refractivity contribution in [2.24, 2.45) is 5.92 Å². The summed E-state index contributed by atoms with van der Waals surface area (Å²) in [6.45, 7) is 7.97. The van der Waals surface area contributed by atoms with Gasteiger partial charge in [0, 0.05) is 49.1 Å². The van der Waals surface area contributed by atoms with Crippen LogP contribution in [0.5, 0.6) is 5.75 Å². The minimum Gasteiger partial charge on any atom is -0.508 e. The molecule has 0 radical (unpaired) electrons. The minimum atomic E-state index is -1.74. The van der Waals surface area contributed by atoms with Gasteiger partial charge in [-0.05, 0) is 68.7 Å². The van der Waals surface area contributed by atoms with Gasteiger partial charge in [0.05, 0.1) is 0 Å². The lowest BCUT2D eigenvalue weighted by molar-refractivity contribution is -0.165. The molecule has 2 unspecified atom stereocenters. The Bertz CT molecular complexity index is 2170. The van der Waals surface area contributed by atoms with E-state index in [1.54, 1.807) is 56.3 Å². The van der Waals surface area contributed by atoms with Crippen molar-refractivity contribution in [2.45, 2.75) is 141 Å². The molecule has 7 N–H and O–H groups in total. The molecule has 0 spiro atoms. The molecule has 0 saturated carbocycles. The number of hydrogen-bond donors (Lipinski definition) is 7. The first-order chi connectivity index (χ1) is 32.2. The number of aliphatic hydroxyl groups is 1. The lowest BCUT2D eigenvalue weighted by Crippen LogP contribution is -2.64. The summed E-state index contributed by atoms with van der Waals surface area (Å²) in [6, 6.07) is 6.13. The highest BCUT2D eigenvalue weighted by atomic mass is 32.2. The molecule has 0 aliphatic carbocycles. The maximum atomic E-state index is 15.0. The van der Waals surface area contributed by atoms with Crippen molar-refractivity contribution in [1.29, 1.82) is 0 Å². The van der Waals surface area contributed by atoms with Crippen molar-refractivity contribution < 1.29 is 57.5 Å². The van der Waals surface area contributed by atoms with E-state index < -0.39 is 113 Å². The summed E-state index contributed by atoms with van der Waals surface area (Å²) in [5.41, 5.74) is 0.765. The number of ether oxygens (including phenoxy) is 1. The van der Waals surface area contributed by atoms with Crippen molar-refractivity contribution >= 4 is 58.1 Å². The maximum absolute atomic E-state index is 15.0. The first-order valence-corrected chi connectivity index (χ1v) is 24.8. The molecule has 2 saturated heterocycles. The van der Waals surface area contributed by atoms with Crippen LogP contribution in [-0.4, -0.2) is 139 Å². The van der Waals surface area contributed by atoms with Gasteiger partial charge in [0.1, 0.15) is 60.0 Å². The Kier molecular flexibility index (Phi) is 20.7. The zero-order valence-corrected chi connectivity index (χ0v) is 40.6. The van der Waals surface area contributed by atoms with Crippen LogP contribution in [0, 0.1) is 5.92 Å². The number of nitrogens with zero attached hydrogens (tertiary/aromatic N) is 2. The van der Waals surface area contributed by atoms with Gasteiger partial charge in [-0.2, -0.15) is 0 Å². The van der Waals surface area contributed by atoms with Crippen LogP contribution >= 0.6 is 0 Å². The van der Waals surface area contributed by atoms with Crippen LogP contribution < -0.4 is 26.6 Å². The quantitative estimate of drug-likeness (QED) is 0.0755. The third-order valence-electron chi connectivity index (χ3n) is 12.0. The Balaban J connectivity index is 1.83. The van der Waals surface area contributed by atoms with E-state index in [1.807, 2.05) is 6.92 Å². The number of phenols is 1. The summed E-state index contributed by atoms with van der Waals surface area (Å²) < 4.78 is 18.0. The number of phenolic OH excluding ortho intramolecular Hbond substituents is 1. The van der Waals surface area contributed by atoms with Gasteiger partial charge in [-0.1, -0.05) is 82.2 Å². The Hall–Kier alpha value is -6.15. The molecule has 372 valence electrons. The molecule has 20 heteroatoms. The van der Waals surface area contributed by atoms with Gasteiger partial charge >= 0.3 is 5.97 Å². The highest BCUT2D eigenvalue weighted by Gasteiger charge is 2.45. The fourth-order valence-corrected chi connectivity index (χ4v) is 8.54. The Morgan fingerprint density at radius 1 is 0.912 bits per heavy atom. The molecule has 2 aromatic rings. The summed E-state index contributed by atoms with van der Waals surface area (Å²) in [5, 5.41) is 34.5. The average Bonchev–Trinajstić information content (AvgIpc) is 3.29. The molecule has 2 fully saturated rings. The van der Waals surface area contributed by atoms with E-state index in [0.29, 0.717) is 17.5 Å². The fourth-order valence-electron chi connectivity index (χ4n) is 7.97. The Morgan fingerprint density at radius 3 is 2.18 bits per heavy atom. The molecule has 4 rings (SSSR count). The minimum absolute atomic E-state index is 0.0171. The molecule has 7 amide bonds. The normalized spacial score (nSPS) is 25.0. The zero-order valence-electron chi connectivity index (χ0n) is 39.8. The molecule has 2 bridgehead atoms. The number of aromatic hydroxyl groups is 1. The SMILES string of the molecule is C/C=C1\NC(=O)[C@@H](NC(=O)C(CCS(C)=O)NC(=O)CCCCC)[C@H](C)OC(=O)[C@H](C(C)C)NC(=O)[C@H](Cc2ccc(O)cc2)N(C)C(=O)[C@H](Cc2ccccc2)N2C(=O)[C@H](CC[C@H]2O)NC1=O. The maximum Gasteiger partial charge on any atom is 0.329 e. The number of unbranched alkanes of at least 4 members (excludes halogenated alkanes) is 2. The number of carbonyl (C=O) groups excluding carboxylic acids is 8. The third-order valence-corrected chi connectivity index (χ3v) is 12.8. The van der Waals surface area contributed by atoms with Crippen LogP contribution in [0.1, 0.15) is 90.7 Å². The van der Waals surface area contributed by atoms with Crippen LogP contribution in [-0.2, 0) is 66.7 Å². The van der Waals surface area contributed by atoms with Crippen LogP contribution in [0.15, 0.2) is 66.4 Å². The summed E-state index contributed by atoms with van der Waals surface area (Å²) in [6.07, 6.45) is 1.52. The molecule has 2 aliphatic heterocycles. The number of esters is 1. The van der Waals surface area contributed by atoms with E-state index in [2.05, 4.69) is 26.6 Å². The number of hydrogen-bond acceptors (Lipinski definition) is 12. The summed E-state index contributed by atoms with van der Waals surface area (Å²) >= 11 is 0. The number of allylic oxidation sites excluding steroid dienone is 1. The van der Waals surface area contributed by atoms with Crippen molar-refractivity contribution in [3.8, 4) is 5.75 Å². The van der Waals surface area contributed by atoms with Gasteiger partial charge in [-0.25, -0.2) is 4.79 Å². The molecule has 2 aliphatic rings. The van der Waals surface area contributed by atoms with Crippen molar-refractivity contribution in [3.05, 3.63) is 77.5 Å². The number of rotatable bonds is 15. The van der Waals surface area contributed by atoms with Gasteiger partial charge in [0.15, 0.2) is 0 Å². The van der Waals surface area contributed by atoms with E-state index >= 15 is 0 Å². The molecule has 2 heterocycles. The summed E-state index contributed by atoms with van der Waals surface area (Å²) in [4.78, 5) is 116. The zero-order chi connectivity index (χ0) is 50.2. The van der Waals surface area contributed by atoms with Crippen molar-refractivity contribution in [2.75, 3.05) is 19.1 Å². The van der Waals surface area contributed by atoms with Gasteiger partial charge in [0.2, 0.25) is 29.5 Å². The van der Waals surface area contributed by atoms with Crippen molar-refractivity contribution in [1.82, 2.24) is 36.4 Å². The second-order valence-electron chi connectivity index (χ2n) is 17.6. The Morgan fingerprint density at radius 2 is 1.56 bits per heavy atom. The standard InChI is InChI=1S/C48H67N7O12S/c1-8-10-12-17-38(57)49-34(24-25-68(7)66)43(60)53-41-29(5)67-48(65)40(28(3)4)52-44(61)36(26-31-18-20-32(56)21-19-31)54(6)47(64)37(27-30-15-13-11-14-16-30)55-39(58)23-22-35(46(55)63)51-42(59)33(9-2)50-45(41)62/h9,11,13-16,18-21,28-29,34-37,39-41,56,58H,8,10,12,17,22-27H2,1-7H3,(H,49,57)(H,50,62)(H,51,59)(H,52,61)(H,53,60)/b33-9-/t29-,34?,35-,36-,37-,39+,40-,41-,68?/m0/s1. The number of carbonyl (C=O) groups is 8. The first kappa shape index (κ1) is 54.5. The first-order valence-electron chi connectivity index (χ1n) is 23.0. The van der Waals surface area contributed by atoms with E-state index in [1.165, 1.54) is 45.4 Å². The van der Waals surface area contributed by atoms with Crippen LogP contribution in [0.4, 0.5) is 0 Å². The van der Waals surface area contributed by atoms with Gasteiger partial charge in [0.25, 0.3) is 11.8 Å². The Labute approximate surface area is 400 Å². The predicted octanol–water partition coefficient (Wildman–Crippen LogP) is 1.22. The number of amides is 7. The van der Waals surface area contributed by atoms with E-state index in [9.17, 15) is 52.8 Å². The van der Waals surface area contributed by atoms with Crippen molar-refractivity contribution in [3.63, 3.8) is 0 Å². The molecule has 0 aromatic heterocycles. The van der Waals surface area contributed by atoms with E-state index in [0.717, 1.165) is 22.6 Å². The van der Waals surface area contributed by atoms with Crippen LogP contribution in [0.3, 0.4) is 0 Å². The lowest BCUT2D eigenvalue weighted by atomic mass is 9.95. The topological polar surface area (TPSA) is 270 Å². The smallest absolute Gasteiger partial charge is 0.329 e. The monoisotopic (exact) mass is 965 g/mol. The predicted molar refractivity (Wildman–Crippen MR) is 252 cm³/mol. The lowest BCUT2D eigenvalue weighted by Gasteiger charge is -2.43. The number of piperidine rings is 1.